The minimum absolute atomic E-state index is 0.0468. The van der Waals surface area contributed by atoms with Gasteiger partial charge in [0.2, 0.25) is 5.91 Å². The van der Waals surface area contributed by atoms with Gasteiger partial charge in [-0.1, -0.05) is 6.92 Å². The Bertz CT molecular complexity index is 700. The van der Waals surface area contributed by atoms with Crippen LogP contribution in [-0.4, -0.2) is 68.8 Å². The van der Waals surface area contributed by atoms with E-state index in [4.69, 9.17) is 0 Å². The first kappa shape index (κ1) is 19.6. The van der Waals surface area contributed by atoms with Crippen LogP contribution in [0.5, 0.6) is 0 Å². The van der Waals surface area contributed by atoms with E-state index in [1.807, 2.05) is 35.0 Å². The molecule has 0 spiro atoms. The van der Waals surface area contributed by atoms with Gasteiger partial charge in [0.1, 0.15) is 5.82 Å². The van der Waals surface area contributed by atoms with E-state index in [0.29, 0.717) is 12.5 Å². The summed E-state index contributed by atoms with van der Waals surface area (Å²) in [5, 5.41) is 4.21. The molecule has 2 aromatic heterocycles. The molecular formula is C20H32N6O. The fourth-order valence-corrected chi connectivity index (χ4v) is 3.86. The average molecular weight is 373 g/mol. The van der Waals surface area contributed by atoms with E-state index in [-0.39, 0.29) is 11.8 Å². The lowest BCUT2D eigenvalue weighted by molar-refractivity contribution is -0.136. The third-order valence-corrected chi connectivity index (χ3v) is 5.37. The molecule has 0 unspecified atom stereocenters. The number of carbonyl (C=O) groups excluding carboxylic acids is 1. The Morgan fingerprint density at radius 1 is 1.26 bits per heavy atom. The van der Waals surface area contributed by atoms with Gasteiger partial charge in [0, 0.05) is 50.3 Å². The Labute approximate surface area is 162 Å². The van der Waals surface area contributed by atoms with Crippen molar-refractivity contribution in [3.63, 3.8) is 0 Å². The number of hydrogen-bond donors (Lipinski definition) is 0. The number of nitrogens with zero attached hydrogens (tertiary/aromatic N) is 6. The van der Waals surface area contributed by atoms with E-state index in [9.17, 15) is 4.79 Å². The lowest BCUT2D eigenvalue weighted by Crippen LogP contribution is -2.42. The number of amides is 1. The zero-order chi connectivity index (χ0) is 19.2. The van der Waals surface area contributed by atoms with Crippen molar-refractivity contribution in [3.8, 4) is 0 Å². The van der Waals surface area contributed by atoms with Crippen molar-refractivity contribution in [2.75, 3.05) is 33.7 Å². The van der Waals surface area contributed by atoms with Gasteiger partial charge in [-0.2, -0.15) is 5.10 Å². The van der Waals surface area contributed by atoms with Crippen molar-refractivity contribution in [1.29, 1.82) is 0 Å². The van der Waals surface area contributed by atoms with Crippen molar-refractivity contribution in [2.45, 2.75) is 45.2 Å². The van der Waals surface area contributed by atoms with Crippen LogP contribution in [0.4, 0.5) is 0 Å². The molecule has 2 aromatic rings. The lowest BCUT2D eigenvalue weighted by Gasteiger charge is -2.33. The number of likely N-dealkylation sites (tertiary alicyclic amines) is 1. The maximum atomic E-state index is 12.7. The van der Waals surface area contributed by atoms with E-state index in [2.05, 4.69) is 39.8 Å². The molecule has 0 aromatic carbocycles. The normalized spacial score (nSPS) is 16.8. The van der Waals surface area contributed by atoms with E-state index in [1.165, 1.54) is 5.82 Å². The van der Waals surface area contributed by atoms with Crippen LogP contribution in [0.25, 0.3) is 0 Å². The number of piperidine rings is 1. The Hall–Kier alpha value is -2.15. The van der Waals surface area contributed by atoms with Crippen LogP contribution < -0.4 is 0 Å². The molecule has 1 aliphatic rings. The maximum absolute atomic E-state index is 12.7. The highest BCUT2D eigenvalue weighted by molar-refractivity contribution is 5.78. The molecule has 0 saturated carbocycles. The smallest absolute Gasteiger partial charge is 0.227 e. The highest BCUT2D eigenvalue weighted by Crippen LogP contribution is 2.28. The average Bonchev–Trinajstić information content (AvgIpc) is 3.33. The first-order chi connectivity index (χ1) is 13.0. The fourth-order valence-electron chi connectivity index (χ4n) is 3.86. The van der Waals surface area contributed by atoms with Crippen molar-refractivity contribution in [1.82, 2.24) is 29.1 Å². The zero-order valence-electron chi connectivity index (χ0n) is 16.8. The van der Waals surface area contributed by atoms with E-state index < -0.39 is 0 Å². The number of rotatable bonds is 8. The molecule has 1 fully saturated rings. The van der Waals surface area contributed by atoms with Crippen molar-refractivity contribution < 1.29 is 4.79 Å². The standard InChI is InChI=1S/C20H32N6O/c1-17(16-26-12-4-8-22-26)20(27)25-13-6-18(7-14-25)19-21-9-15-24(19)11-5-10-23(2)3/h4,8-9,12,15,17-18H,5-7,10-11,13-14,16H2,1-3H3/t17-/m1/s1. The number of aromatic nitrogens is 4. The molecular weight excluding hydrogens is 340 g/mol. The molecule has 148 valence electrons. The summed E-state index contributed by atoms with van der Waals surface area (Å²) in [5.74, 6) is 1.82. The number of hydrogen-bond acceptors (Lipinski definition) is 4. The van der Waals surface area contributed by atoms with Gasteiger partial charge in [-0.3, -0.25) is 9.48 Å². The van der Waals surface area contributed by atoms with Crippen LogP contribution in [-0.2, 0) is 17.9 Å². The lowest BCUT2D eigenvalue weighted by atomic mass is 9.95. The number of imidazole rings is 1. The van der Waals surface area contributed by atoms with E-state index >= 15 is 0 Å². The summed E-state index contributed by atoms with van der Waals surface area (Å²) in [5.41, 5.74) is 0. The molecule has 3 heterocycles. The second-order valence-electron chi connectivity index (χ2n) is 7.86. The Balaban J connectivity index is 1.50. The largest absolute Gasteiger partial charge is 0.342 e. The second-order valence-corrected chi connectivity index (χ2v) is 7.86. The van der Waals surface area contributed by atoms with Gasteiger partial charge in [0.15, 0.2) is 0 Å². The molecule has 27 heavy (non-hydrogen) atoms. The molecule has 0 aliphatic carbocycles. The first-order valence-corrected chi connectivity index (χ1v) is 9.96. The molecule has 7 nitrogen and oxygen atoms in total. The van der Waals surface area contributed by atoms with Gasteiger partial charge in [0.05, 0.1) is 12.5 Å². The van der Waals surface area contributed by atoms with Crippen LogP contribution >= 0.6 is 0 Å². The van der Waals surface area contributed by atoms with Gasteiger partial charge in [0.25, 0.3) is 0 Å². The summed E-state index contributed by atoms with van der Waals surface area (Å²) in [7, 11) is 4.21. The van der Waals surface area contributed by atoms with Crippen molar-refractivity contribution in [3.05, 3.63) is 36.7 Å². The summed E-state index contributed by atoms with van der Waals surface area (Å²) < 4.78 is 4.13. The molecule has 0 N–H and O–H groups in total. The third-order valence-electron chi connectivity index (χ3n) is 5.37. The van der Waals surface area contributed by atoms with Gasteiger partial charge < -0.3 is 14.4 Å². The molecule has 0 bridgehead atoms. The SMILES string of the molecule is C[C@H](Cn1cccn1)C(=O)N1CCC(c2nccn2CCCN(C)C)CC1. The van der Waals surface area contributed by atoms with Crippen LogP contribution in [0.1, 0.15) is 37.9 Å². The van der Waals surface area contributed by atoms with E-state index in [0.717, 1.165) is 45.4 Å². The van der Waals surface area contributed by atoms with Crippen LogP contribution in [0, 0.1) is 5.92 Å². The van der Waals surface area contributed by atoms with Gasteiger partial charge >= 0.3 is 0 Å². The van der Waals surface area contributed by atoms with Gasteiger partial charge in [-0.15, -0.1) is 0 Å². The molecule has 1 aliphatic heterocycles. The highest BCUT2D eigenvalue weighted by atomic mass is 16.2. The third kappa shape index (κ3) is 5.19. The van der Waals surface area contributed by atoms with E-state index in [1.54, 1.807) is 6.20 Å². The second kappa shape index (κ2) is 9.17. The van der Waals surface area contributed by atoms with Gasteiger partial charge in [-0.25, -0.2) is 4.98 Å². The predicted octanol–water partition coefficient (Wildman–Crippen LogP) is 2.07. The summed E-state index contributed by atoms with van der Waals surface area (Å²) >= 11 is 0. The molecule has 7 heteroatoms. The molecule has 1 saturated heterocycles. The molecule has 0 radical (unpaired) electrons. The Morgan fingerprint density at radius 3 is 2.70 bits per heavy atom. The maximum Gasteiger partial charge on any atom is 0.227 e. The molecule has 1 amide bonds. The van der Waals surface area contributed by atoms with Crippen LogP contribution in [0.3, 0.4) is 0 Å². The van der Waals surface area contributed by atoms with Crippen molar-refractivity contribution >= 4 is 5.91 Å². The van der Waals surface area contributed by atoms with Crippen molar-refractivity contribution in [2.24, 2.45) is 5.92 Å². The summed E-state index contributed by atoms with van der Waals surface area (Å²) in [6.07, 6.45) is 10.8. The summed E-state index contributed by atoms with van der Waals surface area (Å²) in [6, 6.07) is 1.89. The molecule has 3 rings (SSSR count). The summed E-state index contributed by atoms with van der Waals surface area (Å²) in [6.45, 7) is 6.36. The summed E-state index contributed by atoms with van der Waals surface area (Å²) in [4.78, 5) is 21.6. The highest BCUT2D eigenvalue weighted by Gasteiger charge is 2.28. The Kier molecular flexibility index (Phi) is 6.66. The zero-order valence-corrected chi connectivity index (χ0v) is 16.8. The topological polar surface area (TPSA) is 59.2 Å². The minimum Gasteiger partial charge on any atom is -0.342 e. The Morgan fingerprint density at radius 2 is 2.04 bits per heavy atom. The quantitative estimate of drug-likeness (QED) is 0.712. The minimum atomic E-state index is -0.0468. The predicted molar refractivity (Wildman–Crippen MR) is 105 cm³/mol. The van der Waals surface area contributed by atoms with Gasteiger partial charge in [-0.05, 0) is 46.0 Å². The first-order valence-electron chi connectivity index (χ1n) is 9.96. The molecule has 1 atom stereocenters. The van der Waals surface area contributed by atoms with Crippen LogP contribution in [0.2, 0.25) is 0 Å². The number of aryl methyl sites for hydroxylation is 1. The van der Waals surface area contributed by atoms with Crippen LogP contribution in [0.15, 0.2) is 30.9 Å². The monoisotopic (exact) mass is 372 g/mol. The fraction of sp³-hybridized carbons (Fsp3) is 0.650. The number of carbonyl (C=O) groups is 1.